The molecule has 2 aromatic carbocycles. The molecule has 0 saturated carbocycles. The number of hydrogen-bond acceptors (Lipinski definition) is 1. The second kappa shape index (κ2) is 5.58. The van der Waals surface area contributed by atoms with Crippen LogP contribution in [0.4, 0.5) is 4.39 Å². The second-order valence-corrected chi connectivity index (χ2v) is 6.17. The van der Waals surface area contributed by atoms with E-state index in [4.69, 9.17) is 18.0 Å². The van der Waals surface area contributed by atoms with Gasteiger partial charge in [0.05, 0.1) is 6.54 Å². The number of nitrogens with zero attached hydrogens (tertiary/aromatic N) is 1. The molecule has 5 heteroatoms. The highest BCUT2D eigenvalue weighted by molar-refractivity contribution is 9.10. The number of thiocarbonyl (C=S) groups is 1. The highest BCUT2D eigenvalue weighted by Crippen LogP contribution is 2.21. The van der Waals surface area contributed by atoms with Crippen molar-refractivity contribution in [2.24, 2.45) is 5.73 Å². The van der Waals surface area contributed by atoms with E-state index in [2.05, 4.69) is 15.9 Å². The van der Waals surface area contributed by atoms with E-state index < -0.39 is 0 Å². The fourth-order valence-electron chi connectivity index (χ4n) is 2.34. The zero-order valence-corrected chi connectivity index (χ0v) is 13.4. The minimum absolute atomic E-state index is 0.209. The second-order valence-electron chi connectivity index (χ2n) is 4.82. The summed E-state index contributed by atoms with van der Waals surface area (Å²) in [6.07, 6.45) is 1.94. The van der Waals surface area contributed by atoms with Gasteiger partial charge in [0.2, 0.25) is 0 Å². The summed E-state index contributed by atoms with van der Waals surface area (Å²) >= 11 is 8.36. The summed E-state index contributed by atoms with van der Waals surface area (Å²) in [4.78, 5) is 0.377. The lowest BCUT2D eigenvalue weighted by molar-refractivity contribution is 0.601. The molecule has 106 valence electrons. The number of nitrogens with two attached hydrogens (primary N) is 1. The van der Waals surface area contributed by atoms with Gasteiger partial charge < -0.3 is 10.3 Å². The molecular weight excluding hydrogens is 351 g/mol. The Kier molecular flexibility index (Phi) is 3.78. The average Bonchev–Trinajstić information content (AvgIpc) is 2.85. The normalized spacial score (nSPS) is 11.0. The molecule has 0 unspecified atom stereocenters. The van der Waals surface area contributed by atoms with Gasteiger partial charge in [0.15, 0.2) is 0 Å². The Bertz CT molecular complexity index is 841. The SMILES string of the molecule is NC(=S)c1ccc2c(ccn2Cc2cc(Br)ccc2F)c1. The summed E-state index contributed by atoms with van der Waals surface area (Å²) in [7, 11) is 0. The van der Waals surface area contributed by atoms with Gasteiger partial charge in [0.25, 0.3) is 0 Å². The quantitative estimate of drug-likeness (QED) is 0.707. The third-order valence-electron chi connectivity index (χ3n) is 3.40. The Morgan fingerprint density at radius 1 is 1.19 bits per heavy atom. The monoisotopic (exact) mass is 362 g/mol. The lowest BCUT2D eigenvalue weighted by Gasteiger charge is -2.08. The van der Waals surface area contributed by atoms with Gasteiger partial charge in [0, 0.05) is 32.7 Å². The Labute approximate surface area is 135 Å². The van der Waals surface area contributed by atoms with Crippen molar-refractivity contribution in [1.82, 2.24) is 4.57 Å². The fraction of sp³-hybridized carbons (Fsp3) is 0.0625. The van der Waals surface area contributed by atoms with Crippen molar-refractivity contribution in [3.8, 4) is 0 Å². The predicted octanol–water partition coefficient (Wildman–Crippen LogP) is 4.23. The van der Waals surface area contributed by atoms with Gasteiger partial charge in [-0.1, -0.05) is 28.1 Å². The molecule has 3 aromatic rings. The van der Waals surface area contributed by atoms with Gasteiger partial charge in [-0.2, -0.15) is 0 Å². The van der Waals surface area contributed by atoms with Crippen LogP contribution in [-0.2, 0) is 6.54 Å². The maximum absolute atomic E-state index is 13.9. The lowest BCUT2D eigenvalue weighted by Crippen LogP contribution is -2.08. The Morgan fingerprint density at radius 3 is 2.76 bits per heavy atom. The third kappa shape index (κ3) is 2.84. The number of rotatable bonds is 3. The number of fused-ring (bicyclic) bond motifs is 1. The zero-order chi connectivity index (χ0) is 15.0. The number of benzene rings is 2. The first-order valence-electron chi connectivity index (χ1n) is 6.37. The summed E-state index contributed by atoms with van der Waals surface area (Å²) in [6.45, 7) is 0.473. The maximum Gasteiger partial charge on any atom is 0.128 e. The molecule has 0 saturated heterocycles. The Hall–Kier alpha value is -1.72. The highest BCUT2D eigenvalue weighted by atomic mass is 79.9. The molecule has 0 amide bonds. The van der Waals surface area contributed by atoms with Crippen LogP contribution in [0.15, 0.2) is 53.1 Å². The fourth-order valence-corrected chi connectivity index (χ4v) is 2.87. The van der Waals surface area contributed by atoms with Crippen LogP contribution in [0.3, 0.4) is 0 Å². The van der Waals surface area contributed by atoms with Crippen molar-refractivity contribution < 1.29 is 4.39 Å². The van der Waals surface area contributed by atoms with E-state index in [0.717, 1.165) is 20.9 Å². The molecule has 21 heavy (non-hydrogen) atoms. The Balaban J connectivity index is 2.01. The van der Waals surface area contributed by atoms with Gasteiger partial charge >= 0.3 is 0 Å². The van der Waals surface area contributed by atoms with Crippen molar-refractivity contribution in [3.63, 3.8) is 0 Å². The molecule has 0 spiro atoms. The Morgan fingerprint density at radius 2 is 2.00 bits per heavy atom. The zero-order valence-electron chi connectivity index (χ0n) is 11.0. The lowest BCUT2D eigenvalue weighted by atomic mass is 10.1. The summed E-state index contributed by atoms with van der Waals surface area (Å²) in [5.41, 5.74) is 8.14. The molecular formula is C16H12BrFN2S. The van der Waals surface area contributed by atoms with Crippen molar-refractivity contribution in [3.05, 3.63) is 70.1 Å². The first-order valence-corrected chi connectivity index (χ1v) is 7.57. The number of halogens is 2. The minimum Gasteiger partial charge on any atom is -0.389 e. The molecule has 0 radical (unpaired) electrons. The van der Waals surface area contributed by atoms with Crippen LogP contribution in [0.5, 0.6) is 0 Å². The van der Waals surface area contributed by atoms with Crippen LogP contribution in [0.25, 0.3) is 10.9 Å². The van der Waals surface area contributed by atoms with Crippen LogP contribution >= 0.6 is 28.1 Å². The van der Waals surface area contributed by atoms with E-state index in [9.17, 15) is 4.39 Å². The third-order valence-corrected chi connectivity index (χ3v) is 4.13. The molecule has 0 aliphatic rings. The number of hydrogen-bond donors (Lipinski definition) is 1. The largest absolute Gasteiger partial charge is 0.389 e. The molecule has 0 aliphatic carbocycles. The van der Waals surface area contributed by atoms with Crippen molar-refractivity contribution >= 4 is 44.0 Å². The van der Waals surface area contributed by atoms with Crippen molar-refractivity contribution in [1.29, 1.82) is 0 Å². The van der Waals surface area contributed by atoms with E-state index >= 15 is 0 Å². The van der Waals surface area contributed by atoms with Gasteiger partial charge in [-0.25, -0.2) is 4.39 Å². The van der Waals surface area contributed by atoms with E-state index in [-0.39, 0.29) is 5.82 Å². The number of aromatic nitrogens is 1. The molecule has 3 rings (SSSR count). The summed E-state index contributed by atoms with van der Waals surface area (Å²) < 4.78 is 16.7. The first-order chi connectivity index (χ1) is 10.0. The first kappa shape index (κ1) is 14.2. The van der Waals surface area contributed by atoms with Crippen LogP contribution in [0.2, 0.25) is 0 Å². The van der Waals surface area contributed by atoms with Gasteiger partial charge in [0.1, 0.15) is 10.8 Å². The minimum atomic E-state index is -0.209. The van der Waals surface area contributed by atoms with Crippen LogP contribution < -0.4 is 5.73 Å². The topological polar surface area (TPSA) is 30.9 Å². The molecule has 2 nitrogen and oxygen atoms in total. The van der Waals surface area contributed by atoms with Gasteiger partial charge in [-0.15, -0.1) is 0 Å². The average molecular weight is 363 g/mol. The summed E-state index contributed by atoms with van der Waals surface area (Å²) in [6, 6.07) is 12.7. The molecule has 1 heterocycles. The van der Waals surface area contributed by atoms with Gasteiger partial charge in [-0.3, -0.25) is 0 Å². The van der Waals surface area contributed by atoms with Gasteiger partial charge in [-0.05, 0) is 42.5 Å². The molecule has 0 aliphatic heterocycles. The van der Waals surface area contributed by atoms with E-state index in [1.807, 2.05) is 35.0 Å². The van der Waals surface area contributed by atoms with Crippen LogP contribution in [-0.4, -0.2) is 9.56 Å². The maximum atomic E-state index is 13.9. The molecule has 0 fully saturated rings. The van der Waals surface area contributed by atoms with Crippen LogP contribution in [0, 0.1) is 5.82 Å². The summed E-state index contributed by atoms with van der Waals surface area (Å²) in [5.74, 6) is -0.209. The predicted molar refractivity (Wildman–Crippen MR) is 91.0 cm³/mol. The molecule has 0 bridgehead atoms. The van der Waals surface area contributed by atoms with E-state index in [0.29, 0.717) is 17.1 Å². The van der Waals surface area contributed by atoms with Crippen LogP contribution in [0.1, 0.15) is 11.1 Å². The highest BCUT2D eigenvalue weighted by Gasteiger charge is 2.07. The summed E-state index contributed by atoms with van der Waals surface area (Å²) in [5, 5.41) is 1.04. The van der Waals surface area contributed by atoms with E-state index in [1.54, 1.807) is 12.1 Å². The molecule has 2 N–H and O–H groups in total. The molecule has 1 aromatic heterocycles. The standard InChI is InChI=1S/C16H12BrFN2S/c17-13-2-3-14(18)12(8-13)9-20-6-5-10-7-11(16(19)21)1-4-15(10)20/h1-8H,9H2,(H2,19,21). The molecule has 0 atom stereocenters. The van der Waals surface area contributed by atoms with E-state index in [1.165, 1.54) is 6.07 Å². The smallest absolute Gasteiger partial charge is 0.128 e. The van der Waals surface area contributed by atoms with Crippen molar-refractivity contribution in [2.45, 2.75) is 6.54 Å². The van der Waals surface area contributed by atoms with Crippen molar-refractivity contribution in [2.75, 3.05) is 0 Å².